The average Bonchev–Trinajstić information content (AvgIpc) is 3.25. The number of fused-ring (bicyclic) bond motifs is 3. The highest BCUT2D eigenvalue weighted by Crippen LogP contribution is 2.27. The molecule has 5 rings (SSSR count). The first-order valence-corrected chi connectivity index (χ1v) is 7.31. The van der Waals surface area contributed by atoms with Crippen LogP contribution in [-0.2, 0) is 0 Å². The molecule has 7 heteroatoms. The first kappa shape index (κ1) is 12.9. The minimum Gasteiger partial charge on any atom is -0.345 e. The van der Waals surface area contributed by atoms with Gasteiger partial charge in [0.25, 0.3) is 0 Å². The van der Waals surface area contributed by atoms with Gasteiger partial charge >= 0.3 is 0 Å². The van der Waals surface area contributed by atoms with Gasteiger partial charge in [-0.05, 0) is 18.2 Å². The van der Waals surface area contributed by atoms with Gasteiger partial charge in [0.15, 0.2) is 5.69 Å². The summed E-state index contributed by atoms with van der Waals surface area (Å²) in [5.41, 5.74) is 3.28. The highest BCUT2D eigenvalue weighted by molar-refractivity contribution is 6.27. The van der Waals surface area contributed by atoms with E-state index in [0.29, 0.717) is 16.8 Å². The largest absolute Gasteiger partial charge is 0.345 e. The quantitative estimate of drug-likeness (QED) is 0.510. The van der Waals surface area contributed by atoms with Crippen LogP contribution in [0.1, 0.15) is 32.1 Å². The monoisotopic (exact) mass is 315 g/mol. The lowest BCUT2D eigenvalue weighted by atomic mass is 9.90. The summed E-state index contributed by atoms with van der Waals surface area (Å²) >= 11 is 0. The fraction of sp³-hybridized carbons (Fsp3) is 0. The molecule has 0 radical (unpaired) electrons. The van der Waals surface area contributed by atoms with Gasteiger partial charge < -0.3 is 4.98 Å². The Morgan fingerprint density at radius 2 is 1.75 bits per heavy atom. The van der Waals surface area contributed by atoms with Gasteiger partial charge in [-0.1, -0.05) is 29.5 Å². The summed E-state index contributed by atoms with van der Waals surface area (Å²) < 4.78 is 1.41. The van der Waals surface area contributed by atoms with Gasteiger partial charge in [0.2, 0.25) is 11.6 Å². The van der Waals surface area contributed by atoms with E-state index in [0.717, 1.165) is 11.0 Å². The summed E-state index contributed by atoms with van der Waals surface area (Å²) in [6, 6.07) is 12.2. The third-order valence-electron chi connectivity index (χ3n) is 4.17. The van der Waals surface area contributed by atoms with Crippen LogP contribution in [0.25, 0.3) is 16.7 Å². The van der Waals surface area contributed by atoms with Crippen molar-refractivity contribution in [2.24, 2.45) is 0 Å². The third-order valence-corrected chi connectivity index (χ3v) is 4.17. The molecule has 0 saturated heterocycles. The van der Waals surface area contributed by atoms with Crippen LogP contribution in [0, 0.1) is 0 Å². The molecule has 7 nitrogen and oxygen atoms in total. The molecule has 0 aliphatic heterocycles. The number of carbonyl (C=O) groups is 2. The van der Waals surface area contributed by atoms with E-state index in [2.05, 4.69) is 20.3 Å². The van der Waals surface area contributed by atoms with Crippen molar-refractivity contribution in [1.29, 1.82) is 0 Å². The Labute approximate surface area is 134 Å². The highest BCUT2D eigenvalue weighted by atomic mass is 16.1. The number of imidazole rings is 1. The molecule has 1 N–H and O–H groups in total. The summed E-state index contributed by atoms with van der Waals surface area (Å²) in [6.07, 6.45) is 1.59. The van der Waals surface area contributed by atoms with Gasteiger partial charge in [-0.15, -0.1) is 5.10 Å². The van der Waals surface area contributed by atoms with Crippen LogP contribution in [0.3, 0.4) is 0 Å². The van der Waals surface area contributed by atoms with E-state index >= 15 is 0 Å². The SMILES string of the molecule is O=C1c2ccccc2C(=O)c2c1nnn2-c1ccc2nc[nH]c2c1. The molecule has 2 heterocycles. The second-order valence-corrected chi connectivity index (χ2v) is 5.51. The van der Waals surface area contributed by atoms with E-state index in [9.17, 15) is 9.59 Å². The molecule has 0 atom stereocenters. The topological polar surface area (TPSA) is 93.5 Å². The van der Waals surface area contributed by atoms with Crippen molar-refractivity contribution < 1.29 is 9.59 Å². The van der Waals surface area contributed by atoms with Gasteiger partial charge in [0.05, 0.1) is 23.0 Å². The maximum Gasteiger partial charge on any atom is 0.216 e. The summed E-state index contributed by atoms with van der Waals surface area (Å²) in [4.78, 5) is 32.6. The zero-order chi connectivity index (χ0) is 16.3. The van der Waals surface area contributed by atoms with Gasteiger partial charge in [0, 0.05) is 11.1 Å². The number of aromatic nitrogens is 5. The van der Waals surface area contributed by atoms with E-state index in [4.69, 9.17) is 0 Å². The number of benzene rings is 2. The second-order valence-electron chi connectivity index (χ2n) is 5.51. The molecule has 1 aliphatic rings. The van der Waals surface area contributed by atoms with Gasteiger partial charge in [0.1, 0.15) is 5.69 Å². The van der Waals surface area contributed by atoms with Crippen LogP contribution < -0.4 is 0 Å². The minimum atomic E-state index is -0.283. The smallest absolute Gasteiger partial charge is 0.216 e. The Kier molecular flexibility index (Phi) is 2.39. The Hall–Kier alpha value is -3.61. The van der Waals surface area contributed by atoms with Crippen LogP contribution in [0.15, 0.2) is 48.8 Å². The van der Waals surface area contributed by atoms with Crippen LogP contribution in [-0.4, -0.2) is 36.5 Å². The summed E-state index contributed by atoms with van der Waals surface area (Å²) in [5, 5.41) is 7.98. The molecule has 0 spiro atoms. The van der Waals surface area contributed by atoms with Crippen LogP contribution in [0.5, 0.6) is 0 Å². The maximum atomic E-state index is 12.8. The first-order chi connectivity index (χ1) is 11.7. The number of ketones is 2. The Balaban J connectivity index is 1.75. The van der Waals surface area contributed by atoms with Crippen molar-refractivity contribution in [1.82, 2.24) is 25.0 Å². The number of aromatic amines is 1. The van der Waals surface area contributed by atoms with Crippen molar-refractivity contribution in [2.45, 2.75) is 0 Å². The van der Waals surface area contributed by atoms with Crippen molar-refractivity contribution >= 4 is 22.6 Å². The number of H-pyrrole nitrogens is 1. The number of hydrogen-bond donors (Lipinski definition) is 1. The lowest BCUT2D eigenvalue weighted by molar-refractivity contribution is 0.0972. The Bertz CT molecular complexity index is 1150. The fourth-order valence-corrected chi connectivity index (χ4v) is 3.01. The van der Waals surface area contributed by atoms with Crippen LogP contribution >= 0.6 is 0 Å². The molecule has 2 aromatic carbocycles. The molecular formula is C17H9N5O2. The normalized spacial score (nSPS) is 13.2. The molecule has 24 heavy (non-hydrogen) atoms. The summed E-state index contributed by atoms with van der Waals surface area (Å²) in [7, 11) is 0. The zero-order valence-electron chi connectivity index (χ0n) is 12.2. The molecule has 4 aromatic rings. The van der Waals surface area contributed by atoms with Crippen molar-refractivity contribution in [3.05, 3.63) is 71.3 Å². The second kappa shape index (κ2) is 4.45. The first-order valence-electron chi connectivity index (χ1n) is 7.31. The van der Waals surface area contributed by atoms with E-state index in [1.807, 2.05) is 12.1 Å². The molecular weight excluding hydrogens is 306 g/mol. The standard InChI is InChI=1S/C17H9N5O2/c23-16-10-3-1-2-4-11(10)17(24)15-14(16)20-21-22(15)9-5-6-12-13(7-9)19-8-18-12/h1-8H,(H,18,19). The maximum absolute atomic E-state index is 12.8. The Morgan fingerprint density at radius 3 is 2.58 bits per heavy atom. The van der Waals surface area contributed by atoms with Crippen molar-refractivity contribution in [3.63, 3.8) is 0 Å². The third kappa shape index (κ3) is 1.58. The average molecular weight is 315 g/mol. The molecule has 1 aliphatic carbocycles. The van der Waals surface area contributed by atoms with Crippen LogP contribution in [0.2, 0.25) is 0 Å². The summed E-state index contributed by atoms with van der Waals surface area (Å²) in [5.74, 6) is -0.538. The van der Waals surface area contributed by atoms with Crippen molar-refractivity contribution in [2.75, 3.05) is 0 Å². The minimum absolute atomic E-state index is 0.0865. The molecule has 2 aromatic heterocycles. The number of hydrogen-bond acceptors (Lipinski definition) is 5. The van der Waals surface area contributed by atoms with Gasteiger partial charge in [-0.25, -0.2) is 9.67 Å². The number of rotatable bonds is 1. The van der Waals surface area contributed by atoms with Crippen LogP contribution in [0.4, 0.5) is 0 Å². The van der Waals surface area contributed by atoms with Gasteiger partial charge in [-0.3, -0.25) is 9.59 Å². The van der Waals surface area contributed by atoms with Gasteiger partial charge in [-0.2, -0.15) is 0 Å². The molecule has 0 saturated carbocycles. The zero-order valence-corrected chi connectivity index (χ0v) is 12.2. The molecule has 0 fully saturated rings. The van der Waals surface area contributed by atoms with E-state index < -0.39 is 0 Å². The fourth-order valence-electron chi connectivity index (χ4n) is 3.01. The Morgan fingerprint density at radius 1 is 0.958 bits per heavy atom. The van der Waals surface area contributed by atoms with E-state index in [-0.39, 0.29) is 23.0 Å². The molecule has 0 unspecified atom stereocenters. The number of nitrogens with one attached hydrogen (secondary N) is 1. The number of carbonyl (C=O) groups excluding carboxylic acids is 2. The summed E-state index contributed by atoms with van der Waals surface area (Å²) in [6.45, 7) is 0. The lowest BCUT2D eigenvalue weighted by Crippen LogP contribution is -2.22. The predicted molar refractivity (Wildman–Crippen MR) is 84.3 cm³/mol. The molecule has 0 amide bonds. The number of nitrogens with zero attached hydrogens (tertiary/aromatic N) is 4. The predicted octanol–water partition coefficient (Wildman–Crippen LogP) is 1.92. The van der Waals surface area contributed by atoms with E-state index in [1.54, 1.807) is 36.7 Å². The lowest BCUT2D eigenvalue weighted by Gasteiger charge is -2.14. The molecule has 114 valence electrons. The van der Waals surface area contributed by atoms with Crippen molar-refractivity contribution in [3.8, 4) is 5.69 Å². The van der Waals surface area contributed by atoms with E-state index in [1.165, 1.54) is 4.68 Å². The molecule has 0 bridgehead atoms. The highest BCUT2D eigenvalue weighted by Gasteiger charge is 2.35.